The average Bonchev–Trinajstić information content (AvgIpc) is 3.20. The van der Waals surface area contributed by atoms with Gasteiger partial charge in [0.15, 0.2) is 0 Å². The highest BCUT2D eigenvalue weighted by atomic mass is 16.1. The summed E-state index contributed by atoms with van der Waals surface area (Å²) in [5.41, 5.74) is 6.64. The van der Waals surface area contributed by atoms with Crippen LogP contribution in [0.5, 0.6) is 0 Å². The minimum Gasteiger partial charge on any atom is -0.329 e. The number of rotatable bonds is 4. The summed E-state index contributed by atoms with van der Waals surface area (Å²) in [6.07, 6.45) is 2.44. The van der Waals surface area contributed by atoms with E-state index in [1.165, 1.54) is 10.8 Å². The average molecular weight is 239 g/mol. The van der Waals surface area contributed by atoms with Gasteiger partial charge in [-0.3, -0.25) is 4.79 Å². The lowest BCUT2D eigenvalue weighted by Crippen LogP contribution is -2.26. The molecule has 2 aromatic carbocycles. The van der Waals surface area contributed by atoms with Crippen LogP contribution in [0.3, 0.4) is 0 Å². The van der Waals surface area contributed by atoms with Crippen LogP contribution >= 0.6 is 0 Å². The zero-order valence-electron chi connectivity index (χ0n) is 10.4. The first kappa shape index (κ1) is 11.4. The fourth-order valence-corrected chi connectivity index (χ4v) is 2.55. The zero-order chi connectivity index (χ0) is 12.6. The summed E-state index contributed by atoms with van der Waals surface area (Å²) in [5.74, 6) is 0.307. The van der Waals surface area contributed by atoms with Crippen LogP contribution in [0.15, 0.2) is 42.5 Å². The fourth-order valence-electron chi connectivity index (χ4n) is 2.55. The molecule has 0 unspecified atom stereocenters. The smallest absolute Gasteiger partial charge is 0.144 e. The number of fused-ring (bicyclic) bond motifs is 1. The molecule has 0 radical (unpaired) electrons. The number of carbonyl (C=O) groups is 1. The van der Waals surface area contributed by atoms with Crippen LogP contribution in [0.2, 0.25) is 0 Å². The van der Waals surface area contributed by atoms with Gasteiger partial charge in [-0.2, -0.15) is 0 Å². The van der Waals surface area contributed by atoms with E-state index in [0.717, 1.165) is 18.4 Å². The van der Waals surface area contributed by atoms with Crippen molar-refractivity contribution < 1.29 is 4.79 Å². The quantitative estimate of drug-likeness (QED) is 0.891. The van der Waals surface area contributed by atoms with E-state index < -0.39 is 0 Å². The van der Waals surface area contributed by atoms with Crippen LogP contribution in [0, 0.1) is 5.41 Å². The number of ketones is 1. The molecular weight excluding hydrogens is 222 g/mol. The number of carbonyl (C=O) groups excluding carboxylic acids is 1. The standard InChI is InChI=1S/C16H17NO/c17-11-16(8-9-16)15(18)10-13-6-3-5-12-4-1-2-7-14(12)13/h1-7H,8-11,17H2. The monoisotopic (exact) mass is 239 g/mol. The van der Waals surface area contributed by atoms with Gasteiger partial charge in [0.2, 0.25) is 0 Å². The van der Waals surface area contributed by atoms with Crippen LogP contribution in [-0.4, -0.2) is 12.3 Å². The first-order valence-electron chi connectivity index (χ1n) is 6.45. The van der Waals surface area contributed by atoms with E-state index >= 15 is 0 Å². The van der Waals surface area contributed by atoms with Crippen molar-refractivity contribution in [3.05, 3.63) is 48.0 Å². The second kappa shape index (κ2) is 4.21. The Morgan fingerprint density at radius 2 is 1.83 bits per heavy atom. The molecule has 2 aromatic rings. The third-order valence-electron chi connectivity index (χ3n) is 4.07. The van der Waals surface area contributed by atoms with Gasteiger partial charge in [0, 0.05) is 18.4 Å². The molecule has 3 rings (SSSR count). The second-order valence-corrected chi connectivity index (χ2v) is 5.22. The lowest BCUT2D eigenvalue weighted by molar-refractivity contribution is -0.123. The number of hydrogen-bond acceptors (Lipinski definition) is 2. The van der Waals surface area contributed by atoms with Crippen LogP contribution < -0.4 is 5.73 Å². The lowest BCUT2D eigenvalue weighted by Gasteiger charge is -2.12. The van der Waals surface area contributed by atoms with Gasteiger partial charge in [0.05, 0.1) is 0 Å². The molecule has 2 N–H and O–H groups in total. The van der Waals surface area contributed by atoms with Gasteiger partial charge in [0.25, 0.3) is 0 Å². The van der Waals surface area contributed by atoms with E-state index in [1.807, 2.05) is 24.3 Å². The predicted octanol–water partition coefficient (Wildman–Crippen LogP) is 2.69. The van der Waals surface area contributed by atoms with Crippen LogP contribution in [0.1, 0.15) is 18.4 Å². The molecule has 0 aromatic heterocycles. The van der Waals surface area contributed by atoms with Gasteiger partial charge in [-0.15, -0.1) is 0 Å². The summed E-state index contributed by atoms with van der Waals surface area (Å²) in [4.78, 5) is 12.3. The Morgan fingerprint density at radius 3 is 2.56 bits per heavy atom. The van der Waals surface area contributed by atoms with Crippen molar-refractivity contribution in [2.45, 2.75) is 19.3 Å². The molecule has 1 fully saturated rings. The Morgan fingerprint density at radius 1 is 1.11 bits per heavy atom. The minimum absolute atomic E-state index is 0.197. The fraction of sp³-hybridized carbons (Fsp3) is 0.312. The van der Waals surface area contributed by atoms with E-state index in [1.54, 1.807) is 0 Å². The Bertz CT molecular complexity index is 594. The topological polar surface area (TPSA) is 43.1 Å². The van der Waals surface area contributed by atoms with Crippen LogP contribution in [0.4, 0.5) is 0 Å². The highest BCUT2D eigenvalue weighted by Gasteiger charge is 2.47. The van der Waals surface area contributed by atoms with Gasteiger partial charge < -0.3 is 5.73 Å². The van der Waals surface area contributed by atoms with Crippen molar-refractivity contribution in [1.82, 2.24) is 0 Å². The van der Waals surface area contributed by atoms with E-state index in [2.05, 4.69) is 18.2 Å². The SMILES string of the molecule is NCC1(C(=O)Cc2cccc3ccccc23)CC1. The highest BCUT2D eigenvalue weighted by Crippen LogP contribution is 2.46. The van der Waals surface area contributed by atoms with Gasteiger partial charge in [-0.05, 0) is 29.2 Å². The highest BCUT2D eigenvalue weighted by molar-refractivity contribution is 5.94. The third kappa shape index (κ3) is 1.83. The van der Waals surface area contributed by atoms with Gasteiger partial charge >= 0.3 is 0 Å². The molecule has 0 amide bonds. The summed E-state index contributed by atoms with van der Waals surface area (Å²) in [7, 11) is 0. The maximum absolute atomic E-state index is 12.3. The number of Topliss-reactive ketones (excluding diaryl/α,β-unsaturated/α-hetero) is 1. The number of nitrogens with two attached hydrogens (primary N) is 1. The first-order valence-corrected chi connectivity index (χ1v) is 6.45. The molecule has 92 valence electrons. The Balaban J connectivity index is 1.93. The van der Waals surface area contributed by atoms with Crippen molar-refractivity contribution in [2.75, 3.05) is 6.54 Å². The normalized spacial score (nSPS) is 16.7. The zero-order valence-corrected chi connectivity index (χ0v) is 10.4. The first-order chi connectivity index (χ1) is 8.75. The molecule has 1 aliphatic rings. The molecular formula is C16H17NO. The molecule has 2 nitrogen and oxygen atoms in total. The molecule has 0 bridgehead atoms. The lowest BCUT2D eigenvalue weighted by atomic mass is 9.93. The van der Waals surface area contributed by atoms with Crippen LogP contribution in [-0.2, 0) is 11.2 Å². The Hall–Kier alpha value is -1.67. The summed E-state index contributed by atoms with van der Waals surface area (Å²) >= 11 is 0. The Kier molecular flexibility index (Phi) is 2.67. The van der Waals surface area contributed by atoms with Gasteiger partial charge in [-0.1, -0.05) is 42.5 Å². The number of hydrogen-bond donors (Lipinski definition) is 1. The molecule has 0 atom stereocenters. The molecule has 0 spiro atoms. The minimum atomic E-state index is -0.197. The van der Waals surface area contributed by atoms with Crippen molar-refractivity contribution in [3.63, 3.8) is 0 Å². The van der Waals surface area contributed by atoms with E-state index in [0.29, 0.717) is 18.7 Å². The van der Waals surface area contributed by atoms with Crippen molar-refractivity contribution in [2.24, 2.45) is 11.1 Å². The largest absolute Gasteiger partial charge is 0.329 e. The molecule has 0 aliphatic heterocycles. The Labute approximate surface area is 107 Å². The van der Waals surface area contributed by atoms with Gasteiger partial charge in [0.1, 0.15) is 5.78 Å². The van der Waals surface area contributed by atoms with Gasteiger partial charge in [-0.25, -0.2) is 0 Å². The molecule has 1 saturated carbocycles. The van der Waals surface area contributed by atoms with Crippen molar-refractivity contribution in [3.8, 4) is 0 Å². The summed E-state index contributed by atoms with van der Waals surface area (Å²) < 4.78 is 0. The maximum Gasteiger partial charge on any atom is 0.144 e. The van der Waals surface area contributed by atoms with Crippen molar-refractivity contribution >= 4 is 16.6 Å². The predicted molar refractivity (Wildman–Crippen MR) is 73.4 cm³/mol. The summed E-state index contributed by atoms with van der Waals surface area (Å²) in [5, 5.41) is 2.38. The third-order valence-corrected chi connectivity index (χ3v) is 4.07. The molecule has 2 heteroatoms. The van der Waals surface area contributed by atoms with E-state index in [4.69, 9.17) is 5.73 Å². The van der Waals surface area contributed by atoms with Crippen molar-refractivity contribution in [1.29, 1.82) is 0 Å². The van der Waals surface area contributed by atoms with Crippen LogP contribution in [0.25, 0.3) is 10.8 Å². The molecule has 1 aliphatic carbocycles. The summed E-state index contributed by atoms with van der Waals surface area (Å²) in [6, 6.07) is 14.4. The molecule has 18 heavy (non-hydrogen) atoms. The van der Waals surface area contributed by atoms with E-state index in [-0.39, 0.29) is 5.41 Å². The maximum atomic E-state index is 12.3. The summed E-state index contributed by atoms with van der Waals surface area (Å²) in [6.45, 7) is 0.497. The number of benzene rings is 2. The molecule has 0 heterocycles. The molecule has 0 saturated heterocycles. The van der Waals surface area contributed by atoms with E-state index in [9.17, 15) is 4.79 Å². The second-order valence-electron chi connectivity index (χ2n) is 5.22.